The fourth-order valence-corrected chi connectivity index (χ4v) is 5.50. The number of hydrogen-bond acceptors (Lipinski definition) is 6. The number of anilines is 2. The number of amides is 2. The van der Waals surface area contributed by atoms with Gasteiger partial charge in [-0.05, 0) is 36.8 Å². The highest BCUT2D eigenvalue weighted by molar-refractivity contribution is 8.00. The molecule has 0 spiro atoms. The lowest BCUT2D eigenvalue weighted by Crippen LogP contribution is -2.25. The van der Waals surface area contributed by atoms with Crippen LogP contribution in [0.4, 0.5) is 11.4 Å². The number of benzene rings is 3. The quantitative estimate of drug-likeness (QED) is 0.0967. The summed E-state index contributed by atoms with van der Waals surface area (Å²) in [6, 6.07) is 13.1. The summed E-state index contributed by atoms with van der Waals surface area (Å²) in [6.45, 7) is 1.83. The number of carbonyl (C=O) groups excluding carboxylic acids is 3. The van der Waals surface area contributed by atoms with E-state index >= 15 is 0 Å². The summed E-state index contributed by atoms with van der Waals surface area (Å²) in [5.41, 5.74) is -0.197. The van der Waals surface area contributed by atoms with Crippen molar-refractivity contribution in [2.75, 3.05) is 17.7 Å². The van der Waals surface area contributed by atoms with Gasteiger partial charge < -0.3 is 20.5 Å². The molecule has 13 heteroatoms. The van der Waals surface area contributed by atoms with Gasteiger partial charge in [0.15, 0.2) is 0 Å². The molecule has 0 aliphatic rings. The van der Waals surface area contributed by atoms with E-state index in [2.05, 4.69) is 10.6 Å². The van der Waals surface area contributed by atoms with Crippen LogP contribution in [0, 0.1) is 0 Å². The van der Waals surface area contributed by atoms with Gasteiger partial charge in [-0.15, -0.1) is 11.8 Å². The summed E-state index contributed by atoms with van der Waals surface area (Å²) in [6.07, 6.45) is 0.451. The van der Waals surface area contributed by atoms with Gasteiger partial charge >= 0.3 is 11.9 Å². The van der Waals surface area contributed by atoms with Crippen molar-refractivity contribution in [2.24, 2.45) is 0 Å². The SMILES string of the molecule is CCC(Sc1cccc(NC(=O)c2c(Cl)c(Cl)c(Cl)c(Cl)c2C(=O)O)c1)C(=O)Nc1ccccc1C(=O)OC. The van der Waals surface area contributed by atoms with Crippen molar-refractivity contribution in [2.45, 2.75) is 23.5 Å². The molecule has 1 atom stereocenters. The molecule has 204 valence electrons. The Labute approximate surface area is 247 Å². The third kappa shape index (κ3) is 6.98. The lowest BCUT2D eigenvalue weighted by Gasteiger charge is -2.17. The average Bonchev–Trinajstić information content (AvgIpc) is 2.92. The number of methoxy groups -OCH3 is 1. The molecule has 39 heavy (non-hydrogen) atoms. The first-order chi connectivity index (χ1) is 18.5. The highest BCUT2D eigenvalue weighted by Crippen LogP contribution is 2.42. The Morgan fingerprint density at radius 1 is 0.897 bits per heavy atom. The first kappa shape index (κ1) is 30.6. The van der Waals surface area contributed by atoms with Crippen molar-refractivity contribution >= 4 is 93.3 Å². The fraction of sp³-hybridized carbons (Fsp3) is 0.154. The number of thioether (sulfide) groups is 1. The van der Waals surface area contributed by atoms with Crippen molar-refractivity contribution in [3.63, 3.8) is 0 Å². The van der Waals surface area contributed by atoms with E-state index in [1.165, 1.54) is 18.9 Å². The Balaban J connectivity index is 1.82. The highest BCUT2D eigenvalue weighted by Gasteiger charge is 2.29. The number of rotatable bonds is 9. The third-order valence-corrected chi connectivity index (χ3v) is 8.49. The smallest absolute Gasteiger partial charge is 0.339 e. The second-order valence-corrected chi connectivity index (χ2v) is 10.6. The number of ether oxygens (including phenoxy) is 1. The van der Waals surface area contributed by atoms with Crippen LogP contribution in [-0.4, -0.2) is 41.2 Å². The van der Waals surface area contributed by atoms with Crippen LogP contribution >= 0.6 is 58.2 Å². The number of carbonyl (C=O) groups is 4. The van der Waals surface area contributed by atoms with Crippen LogP contribution in [0.25, 0.3) is 0 Å². The molecule has 0 aliphatic carbocycles. The molecule has 3 rings (SSSR count). The van der Waals surface area contributed by atoms with Crippen molar-refractivity contribution in [1.82, 2.24) is 0 Å². The maximum absolute atomic E-state index is 13.1. The predicted molar refractivity (Wildman–Crippen MR) is 154 cm³/mol. The van der Waals surface area contributed by atoms with E-state index in [0.717, 1.165) is 0 Å². The van der Waals surface area contributed by atoms with Gasteiger partial charge in [0.1, 0.15) is 0 Å². The van der Waals surface area contributed by atoms with Crippen LogP contribution in [0.2, 0.25) is 20.1 Å². The molecule has 0 saturated carbocycles. The van der Waals surface area contributed by atoms with E-state index in [1.807, 2.05) is 6.92 Å². The molecule has 0 saturated heterocycles. The first-order valence-electron chi connectivity index (χ1n) is 11.2. The molecule has 0 aliphatic heterocycles. The lowest BCUT2D eigenvalue weighted by atomic mass is 10.1. The van der Waals surface area contributed by atoms with Crippen molar-refractivity contribution in [1.29, 1.82) is 0 Å². The van der Waals surface area contributed by atoms with E-state index in [9.17, 15) is 24.3 Å². The normalized spacial score (nSPS) is 11.4. The second kappa shape index (κ2) is 13.4. The number of halogens is 4. The van der Waals surface area contributed by atoms with Crippen LogP contribution in [0.3, 0.4) is 0 Å². The Kier molecular flexibility index (Phi) is 10.5. The Morgan fingerprint density at radius 3 is 2.15 bits per heavy atom. The van der Waals surface area contributed by atoms with Crippen LogP contribution in [-0.2, 0) is 9.53 Å². The van der Waals surface area contributed by atoms with Crippen molar-refractivity contribution < 1.29 is 29.0 Å². The van der Waals surface area contributed by atoms with E-state index in [4.69, 9.17) is 51.1 Å². The monoisotopic (exact) mass is 628 g/mol. The van der Waals surface area contributed by atoms with E-state index < -0.39 is 39.2 Å². The molecule has 0 radical (unpaired) electrons. The number of esters is 1. The minimum absolute atomic E-state index is 0.222. The molecule has 3 N–H and O–H groups in total. The number of carboxylic acid groups (broad SMARTS) is 1. The molecule has 8 nitrogen and oxygen atoms in total. The van der Waals surface area contributed by atoms with Gasteiger partial charge in [0.25, 0.3) is 5.91 Å². The molecule has 0 bridgehead atoms. The largest absolute Gasteiger partial charge is 0.478 e. The van der Waals surface area contributed by atoms with Crippen LogP contribution < -0.4 is 10.6 Å². The van der Waals surface area contributed by atoms with Crippen molar-refractivity contribution in [3.05, 3.63) is 85.3 Å². The van der Waals surface area contributed by atoms with Crippen molar-refractivity contribution in [3.8, 4) is 0 Å². The number of para-hydroxylation sites is 1. The molecule has 1 unspecified atom stereocenters. The minimum atomic E-state index is -1.51. The molecule has 3 aromatic rings. The third-order valence-electron chi connectivity index (χ3n) is 5.33. The zero-order valence-electron chi connectivity index (χ0n) is 20.3. The summed E-state index contributed by atoms with van der Waals surface area (Å²) >= 11 is 25.4. The summed E-state index contributed by atoms with van der Waals surface area (Å²) < 4.78 is 4.77. The maximum Gasteiger partial charge on any atom is 0.339 e. The molecule has 0 heterocycles. The van der Waals surface area contributed by atoms with Gasteiger partial charge in [-0.2, -0.15) is 0 Å². The lowest BCUT2D eigenvalue weighted by molar-refractivity contribution is -0.115. The van der Waals surface area contributed by atoms with Gasteiger partial charge in [0.05, 0.1) is 54.8 Å². The Morgan fingerprint density at radius 2 is 1.54 bits per heavy atom. The maximum atomic E-state index is 13.1. The van der Waals surface area contributed by atoms with Gasteiger partial charge in [-0.25, -0.2) is 9.59 Å². The zero-order chi connectivity index (χ0) is 28.9. The molecular formula is C26H20Cl4N2O6S. The van der Waals surface area contributed by atoms with Crippen LogP contribution in [0.1, 0.15) is 44.4 Å². The average molecular weight is 630 g/mol. The summed E-state index contributed by atoms with van der Waals surface area (Å²) in [5, 5.41) is 13.1. The van der Waals surface area contributed by atoms with Gasteiger partial charge in [-0.1, -0.05) is 71.5 Å². The first-order valence-corrected chi connectivity index (χ1v) is 13.5. The molecule has 0 aromatic heterocycles. The Bertz CT molecular complexity index is 1470. The zero-order valence-corrected chi connectivity index (χ0v) is 24.2. The Hall–Kier alpha value is -2.95. The highest BCUT2D eigenvalue weighted by atomic mass is 35.5. The molecule has 0 fully saturated rings. The van der Waals surface area contributed by atoms with Crippen LogP contribution in [0.5, 0.6) is 0 Å². The summed E-state index contributed by atoms with van der Waals surface area (Å²) in [4.78, 5) is 50.6. The minimum Gasteiger partial charge on any atom is -0.478 e. The van der Waals surface area contributed by atoms with Crippen LogP contribution in [0.15, 0.2) is 53.4 Å². The van der Waals surface area contributed by atoms with E-state index in [1.54, 1.807) is 48.5 Å². The van der Waals surface area contributed by atoms with E-state index in [-0.39, 0.29) is 26.5 Å². The number of nitrogens with one attached hydrogen (secondary N) is 2. The van der Waals surface area contributed by atoms with Gasteiger partial charge in [-0.3, -0.25) is 9.59 Å². The van der Waals surface area contributed by atoms with Gasteiger partial charge in [0.2, 0.25) is 5.91 Å². The second-order valence-electron chi connectivity index (χ2n) is 7.83. The summed E-state index contributed by atoms with van der Waals surface area (Å²) in [7, 11) is 1.25. The predicted octanol–water partition coefficient (Wildman–Crippen LogP) is 7.55. The number of hydrogen-bond donors (Lipinski definition) is 3. The topological polar surface area (TPSA) is 122 Å². The number of aromatic carboxylic acids is 1. The standard InChI is InChI=1S/C26H20Cl4N2O6S/c1-3-16(23(33)32-15-10-5-4-9-14(15)26(37)38-2)39-13-8-6-7-12(11-13)31-24(34)17-18(25(35)36)20(28)22(30)21(29)19(17)27/h4-11,16H,3H2,1-2H3,(H,31,34)(H,32,33)(H,35,36). The van der Waals surface area contributed by atoms with Gasteiger partial charge in [0, 0.05) is 10.6 Å². The van der Waals surface area contributed by atoms with E-state index in [0.29, 0.717) is 22.7 Å². The molecule has 2 amide bonds. The molecular weight excluding hydrogens is 610 g/mol. The summed E-state index contributed by atoms with van der Waals surface area (Å²) in [5.74, 6) is -3.30. The number of carboxylic acids is 1. The molecule has 3 aromatic carbocycles. The fourth-order valence-electron chi connectivity index (χ4n) is 3.47.